The molecule has 3 atom stereocenters. The minimum atomic E-state index is 0.410. The molecule has 0 radical (unpaired) electrons. The zero-order chi connectivity index (χ0) is 10.4. The van der Waals surface area contributed by atoms with Crippen LogP contribution in [0.4, 0.5) is 0 Å². The van der Waals surface area contributed by atoms with Crippen molar-refractivity contribution < 1.29 is 0 Å². The van der Waals surface area contributed by atoms with E-state index in [-0.39, 0.29) is 0 Å². The van der Waals surface area contributed by atoms with Crippen LogP contribution in [0.5, 0.6) is 0 Å². The van der Waals surface area contributed by atoms with E-state index in [1.165, 1.54) is 19.3 Å². The molecule has 0 rings (SSSR count). The molecule has 1 nitrogen and oxygen atoms in total. The van der Waals surface area contributed by atoms with Crippen molar-refractivity contribution in [3.63, 3.8) is 0 Å². The van der Waals surface area contributed by atoms with E-state index in [1.54, 1.807) is 0 Å². The van der Waals surface area contributed by atoms with Gasteiger partial charge in [-0.25, -0.2) is 0 Å². The topological polar surface area (TPSA) is 26.0 Å². The Morgan fingerprint density at radius 1 is 1.00 bits per heavy atom. The Labute approximate surface area is 84.1 Å². The van der Waals surface area contributed by atoms with Crippen molar-refractivity contribution in [2.75, 3.05) is 0 Å². The van der Waals surface area contributed by atoms with Crippen molar-refractivity contribution in [3.05, 3.63) is 0 Å². The third-order valence-corrected chi connectivity index (χ3v) is 3.21. The number of nitrogens with two attached hydrogens (primary N) is 1. The number of rotatable bonds is 6. The van der Waals surface area contributed by atoms with E-state index in [0.717, 1.165) is 17.8 Å². The van der Waals surface area contributed by atoms with Gasteiger partial charge in [0.05, 0.1) is 0 Å². The molecule has 0 aliphatic rings. The summed E-state index contributed by atoms with van der Waals surface area (Å²) in [6.07, 6.45) is 3.62. The molecule has 3 unspecified atom stereocenters. The second-order valence-corrected chi connectivity index (χ2v) is 4.97. The fraction of sp³-hybridized carbons (Fsp3) is 1.00. The van der Waals surface area contributed by atoms with E-state index in [0.29, 0.717) is 6.04 Å². The highest BCUT2D eigenvalue weighted by Crippen LogP contribution is 2.19. The summed E-state index contributed by atoms with van der Waals surface area (Å²) >= 11 is 0. The molecular weight excluding hydrogens is 158 g/mol. The van der Waals surface area contributed by atoms with Crippen LogP contribution >= 0.6 is 0 Å². The van der Waals surface area contributed by atoms with E-state index in [1.807, 2.05) is 0 Å². The van der Waals surface area contributed by atoms with Crippen LogP contribution in [-0.4, -0.2) is 6.04 Å². The zero-order valence-electron chi connectivity index (χ0n) is 10.0. The first-order chi connectivity index (χ1) is 5.97. The van der Waals surface area contributed by atoms with Crippen LogP contribution in [0.1, 0.15) is 53.9 Å². The Morgan fingerprint density at radius 3 is 1.92 bits per heavy atom. The van der Waals surface area contributed by atoms with E-state index in [4.69, 9.17) is 5.73 Å². The van der Waals surface area contributed by atoms with Crippen LogP contribution in [0.2, 0.25) is 0 Å². The van der Waals surface area contributed by atoms with Crippen molar-refractivity contribution in [1.29, 1.82) is 0 Å². The molecule has 0 saturated carbocycles. The molecule has 80 valence electrons. The summed E-state index contributed by atoms with van der Waals surface area (Å²) in [7, 11) is 0. The molecule has 0 aliphatic carbocycles. The third-order valence-electron chi connectivity index (χ3n) is 3.21. The lowest BCUT2D eigenvalue weighted by molar-refractivity contribution is 0.329. The quantitative estimate of drug-likeness (QED) is 0.674. The summed E-state index contributed by atoms with van der Waals surface area (Å²) < 4.78 is 0. The average molecular weight is 185 g/mol. The van der Waals surface area contributed by atoms with E-state index >= 15 is 0 Å². The Bertz CT molecular complexity index is 120. The molecule has 0 spiro atoms. The summed E-state index contributed by atoms with van der Waals surface area (Å²) in [5, 5.41) is 0. The van der Waals surface area contributed by atoms with Gasteiger partial charge in [0, 0.05) is 6.04 Å². The SMILES string of the molecule is CCC(C)CC(N)CC(C)C(C)C. The highest BCUT2D eigenvalue weighted by atomic mass is 14.6. The maximum absolute atomic E-state index is 6.09. The van der Waals surface area contributed by atoms with Crippen LogP contribution < -0.4 is 5.73 Å². The predicted octanol–water partition coefficient (Wildman–Crippen LogP) is 3.43. The summed E-state index contributed by atoms with van der Waals surface area (Å²) in [4.78, 5) is 0. The van der Waals surface area contributed by atoms with Crippen molar-refractivity contribution >= 4 is 0 Å². The predicted molar refractivity (Wildman–Crippen MR) is 60.7 cm³/mol. The molecule has 0 saturated heterocycles. The van der Waals surface area contributed by atoms with Crippen molar-refractivity contribution in [2.45, 2.75) is 59.9 Å². The molecule has 0 aromatic rings. The Kier molecular flexibility index (Phi) is 6.40. The molecule has 0 aromatic heterocycles. The summed E-state index contributed by atoms with van der Waals surface area (Å²) in [5.41, 5.74) is 6.09. The normalized spacial score (nSPS) is 18.7. The smallest absolute Gasteiger partial charge is 0.00439 e. The van der Waals surface area contributed by atoms with Crippen LogP contribution in [0.15, 0.2) is 0 Å². The van der Waals surface area contributed by atoms with Gasteiger partial charge in [-0.2, -0.15) is 0 Å². The Hall–Kier alpha value is -0.0400. The third kappa shape index (κ3) is 6.09. The van der Waals surface area contributed by atoms with Gasteiger partial charge in [-0.15, -0.1) is 0 Å². The Morgan fingerprint density at radius 2 is 1.54 bits per heavy atom. The van der Waals surface area contributed by atoms with Crippen molar-refractivity contribution in [2.24, 2.45) is 23.5 Å². The minimum Gasteiger partial charge on any atom is -0.328 e. The van der Waals surface area contributed by atoms with E-state index in [9.17, 15) is 0 Å². The first-order valence-electron chi connectivity index (χ1n) is 5.72. The molecule has 0 heterocycles. The Balaban J connectivity index is 3.67. The standard InChI is InChI=1S/C12H27N/c1-6-10(4)7-12(13)8-11(5)9(2)3/h9-12H,6-8,13H2,1-5H3. The van der Waals surface area contributed by atoms with E-state index in [2.05, 4.69) is 34.6 Å². The second kappa shape index (κ2) is 6.42. The minimum absolute atomic E-state index is 0.410. The molecule has 0 fully saturated rings. The fourth-order valence-corrected chi connectivity index (χ4v) is 1.53. The molecule has 0 aliphatic heterocycles. The maximum atomic E-state index is 6.09. The van der Waals surface area contributed by atoms with Gasteiger partial charge in [0.15, 0.2) is 0 Å². The van der Waals surface area contributed by atoms with Gasteiger partial charge in [0.1, 0.15) is 0 Å². The van der Waals surface area contributed by atoms with Crippen molar-refractivity contribution in [1.82, 2.24) is 0 Å². The number of hydrogen-bond acceptors (Lipinski definition) is 1. The first-order valence-corrected chi connectivity index (χ1v) is 5.72. The molecule has 0 aromatic carbocycles. The van der Waals surface area contributed by atoms with Crippen LogP contribution in [0.3, 0.4) is 0 Å². The lowest BCUT2D eigenvalue weighted by Gasteiger charge is -2.22. The molecule has 0 amide bonds. The summed E-state index contributed by atoms with van der Waals surface area (Å²) in [6.45, 7) is 11.4. The first kappa shape index (κ1) is 13.0. The largest absolute Gasteiger partial charge is 0.328 e. The van der Waals surface area contributed by atoms with Crippen LogP contribution in [-0.2, 0) is 0 Å². The lowest BCUT2D eigenvalue weighted by atomic mass is 9.88. The maximum Gasteiger partial charge on any atom is 0.00439 e. The van der Waals surface area contributed by atoms with Crippen LogP contribution in [0, 0.1) is 17.8 Å². The van der Waals surface area contributed by atoms with Gasteiger partial charge in [-0.3, -0.25) is 0 Å². The highest BCUT2D eigenvalue weighted by molar-refractivity contribution is 4.70. The van der Waals surface area contributed by atoms with Crippen LogP contribution in [0.25, 0.3) is 0 Å². The molecule has 0 bridgehead atoms. The molecule has 2 N–H and O–H groups in total. The lowest BCUT2D eigenvalue weighted by Crippen LogP contribution is -2.26. The van der Waals surface area contributed by atoms with Gasteiger partial charge >= 0.3 is 0 Å². The van der Waals surface area contributed by atoms with Crippen molar-refractivity contribution in [3.8, 4) is 0 Å². The number of hydrogen-bond donors (Lipinski definition) is 1. The average Bonchev–Trinajstić information content (AvgIpc) is 2.03. The second-order valence-electron chi connectivity index (χ2n) is 4.97. The summed E-state index contributed by atoms with van der Waals surface area (Å²) in [5.74, 6) is 2.32. The summed E-state index contributed by atoms with van der Waals surface area (Å²) in [6, 6.07) is 0.410. The zero-order valence-corrected chi connectivity index (χ0v) is 10.0. The van der Waals surface area contributed by atoms with Gasteiger partial charge in [-0.1, -0.05) is 41.0 Å². The van der Waals surface area contributed by atoms with Gasteiger partial charge < -0.3 is 5.73 Å². The van der Waals surface area contributed by atoms with Gasteiger partial charge in [0.25, 0.3) is 0 Å². The molecule has 13 heavy (non-hydrogen) atoms. The van der Waals surface area contributed by atoms with E-state index < -0.39 is 0 Å². The monoisotopic (exact) mass is 185 g/mol. The molecule has 1 heteroatoms. The highest BCUT2D eigenvalue weighted by Gasteiger charge is 2.13. The fourth-order valence-electron chi connectivity index (χ4n) is 1.53. The molecular formula is C12H27N. The van der Waals surface area contributed by atoms with Gasteiger partial charge in [-0.05, 0) is 30.6 Å². The van der Waals surface area contributed by atoms with Gasteiger partial charge in [0.2, 0.25) is 0 Å².